The van der Waals surface area contributed by atoms with Gasteiger partial charge in [-0.15, -0.1) is 0 Å². The average Bonchev–Trinajstić information content (AvgIpc) is 2.40. The quantitative estimate of drug-likeness (QED) is 0.778. The molecular weight excluding hydrogens is 266 g/mol. The topological polar surface area (TPSA) is 78.6 Å². The van der Waals surface area contributed by atoms with Crippen molar-refractivity contribution in [2.24, 2.45) is 5.73 Å². The smallest absolute Gasteiger partial charge is 0.161 e. The van der Waals surface area contributed by atoms with Crippen LogP contribution in [-0.2, 0) is 9.84 Å². The molecule has 0 aliphatic heterocycles. The van der Waals surface area contributed by atoms with Gasteiger partial charge in [0.15, 0.2) is 21.3 Å². The molecule has 108 valence electrons. The summed E-state index contributed by atoms with van der Waals surface area (Å²) in [6.07, 6.45) is 0. The van der Waals surface area contributed by atoms with E-state index in [9.17, 15) is 8.42 Å². The van der Waals surface area contributed by atoms with E-state index in [1.165, 1.54) is 0 Å². The monoisotopic (exact) mass is 287 g/mol. The Hall–Kier alpha value is -1.27. The first-order chi connectivity index (χ1) is 9.01. The minimum Gasteiger partial charge on any atom is -0.490 e. The number of hydrogen-bond donors (Lipinski definition) is 1. The third kappa shape index (κ3) is 4.72. The van der Waals surface area contributed by atoms with Crippen LogP contribution in [0.15, 0.2) is 24.3 Å². The molecule has 0 radical (unpaired) electrons. The lowest BCUT2D eigenvalue weighted by atomic mass is 10.3. The zero-order valence-electron chi connectivity index (χ0n) is 11.3. The molecule has 0 amide bonds. The van der Waals surface area contributed by atoms with E-state index in [0.717, 1.165) is 0 Å². The Balaban J connectivity index is 2.58. The van der Waals surface area contributed by atoms with Crippen molar-refractivity contribution in [2.75, 3.05) is 25.5 Å². The molecule has 1 aromatic carbocycles. The molecule has 0 aromatic heterocycles. The SMILES string of the molecule is CCOc1ccccc1OCCS(=O)(=O)C(C)CN. The summed E-state index contributed by atoms with van der Waals surface area (Å²) >= 11 is 0. The van der Waals surface area contributed by atoms with Crippen LogP contribution in [0, 0.1) is 0 Å². The molecule has 0 heterocycles. The minimum atomic E-state index is -3.20. The fourth-order valence-corrected chi connectivity index (χ4v) is 2.47. The lowest BCUT2D eigenvalue weighted by Crippen LogP contribution is -2.30. The lowest BCUT2D eigenvalue weighted by Gasteiger charge is -2.13. The predicted octanol–water partition coefficient (Wildman–Crippen LogP) is 1.23. The number of nitrogens with two attached hydrogens (primary N) is 1. The molecule has 1 rings (SSSR count). The Morgan fingerprint density at radius 2 is 1.79 bits per heavy atom. The maximum absolute atomic E-state index is 11.8. The first-order valence-electron chi connectivity index (χ1n) is 6.27. The molecule has 0 aliphatic rings. The summed E-state index contributed by atoms with van der Waals surface area (Å²) in [5, 5.41) is -0.543. The maximum Gasteiger partial charge on any atom is 0.161 e. The van der Waals surface area contributed by atoms with Crippen LogP contribution in [0.25, 0.3) is 0 Å². The van der Waals surface area contributed by atoms with E-state index in [1.807, 2.05) is 19.1 Å². The van der Waals surface area contributed by atoms with Crippen LogP contribution in [0.1, 0.15) is 13.8 Å². The van der Waals surface area contributed by atoms with Gasteiger partial charge in [0.25, 0.3) is 0 Å². The highest BCUT2D eigenvalue weighted by atomic mass is 32.2. The largest absolute Gasteiger partial charge is 0.490 e. The Bertz CT molecular complexity index is 487. The zero-order valence-corrected chi connectivity index (χ0v) is 12.2. The predicted molar refractivity (Wildman–Crippen MR) is 75.4 cm³/mol. The molecule has 0 spiro atoms. The fraction of sp³-hybridized carbons (Fsp3) is 0.538. The van der Waals surface area contributed by atoms with E-state index in [2.05, 4.69) is 0 Å². The molecule has 0 aliphatic carbocycles. The molecule has 1 atom stereocenters. The summed E-state index contributed by atoms with van der Waals surface area (Å²) < 4.78 is 34.4. The second-order valence-corrected chi connectivity index (χ2v) is 6.68. The standard InChI is InChI=1S/C13H21NO4S/c1-3-17-12-6-4-5-7-13(12)18-8-9-19(15,16)11(2)10-14/h4-7,11H,3,8-10,14H2,1-2H3. The molecule has 0 saturated carbocycles. The number of benzene rings is 1. The summed E-state index contributed by atoms with van der Waals surface area (Å²) in [4.78, 5) is 0. The van der Waals surface area contributed by atoms with Gasteiger partial charge in [0.1, 0.15) is 6.61 Å². The summed E-state index contributed by atoms with van der Waals surface area (Å²) in [6.45, 7) is 4.23. The maximum atomic E-state index is 11.8. The van der Waals surface area contributed by atoms with Crippen molar-refractivity contribution in [3.63, 3.8) is 0 Å². The van der Waals surface area contributed by atoms with Gasteiger partial charge in [0, 0.05) is 6.54 Å². The lowest BCUT2D eigenvalue weighted by molar-refractivity contribution is 0.288. The third-order valence-corrected chi connectivity index (χ3v) is 4.87. The summed E-state index contributed by atoms with van der Waals surface area (Å²) in [6, 6.07) is 7.19. The van der Waals surface area contributed by atoms with Gasteiger partial charge in [0.2, 0.25) is 0 Å². The van der Waals surface area contributed by atoms with E-state index in [-0.39, 0.29) is 18.9 Å². The fourth-order valence-electron chi connectivity index (χ4n) is 1.46. The van der Waals surface area contributed by atoms with Crippen molar-refractivity contribution in [3.05, 3.63) is 24.3 Å². The number of ether oxygens (including phenoxy) is 2. The van der Waals surface area contributed by atoms with Crippen molar-refractivity contribution in [1.29, 1.82) is 0 Å². The molecule has 1 unspecified atom stereocenters. The van der Waals surface area contributed by atoms with Crippen LogP contribution in [0.2, 0.25) is 0 Å². The van der Waals surface area contributed by atoms with Gasteiger partial charge in [-0.3, -0.25) is 0 Å². The number of hydrogen-bond acceptors (Lipinski definition) is 5. The summed E-state index contributed by atoms with van der Waals surface area (Å²) in [5.74, 6) is 1.13. The molecule has 0 saturated heterocycles. The Labute approximate surface area is 114 Å². The first kappa shape index (κ1) is 15.8. The van der Waals surface area contributed by atoms with Gasteiger partial charge in [-0.2, -0.15) is 0 Å². The molecule has 2 N–H and O–H groups in total. The van der Waals surface area contributed by atoms with Gasteiger partial charge >= 0.3 is 0 Å². The van der Waals surface area contributed by atoms with E-state index in [1.54, 1.807) is 19.1 Å². The molecule has 6 heteroatoms. The number of sulfone groups is 1. The van der Waals surface area contributed by atoms with E-state index in [4.69, 9.17) is 15.2 Å². The summed E-state index contributed by atoms with van der Waals surface area (Å²) in [5.41, 5.74) is 5.36. The van der Waals surface area contributed by atoms with E-state index < -0.39 is 15.1 Å². The normalized spacial score (nSPS) is 13.0. The first-order valence-corrected chi connectivity index (χ1v) is 7.99. The van der Waals surface area contributed by atoms with Crippen molar-refractivity contribution in [2.45, 2.75) is 19.1 Å². The Morgan fingerprint density at radius 3 is 2.32 bits per heavy atom. The van der Waals surface area contributed by atoms with Crippen LogP contribution in [0.4, 0.5) is 0 Å². The van der Waals surface area contributed by atoms with Gasteiger partial charge < -0.3 is 15.2 Å². The van der Waals surface area contributed by atoms with Crippen molar-refractivity contribution < 1.29 is 17.9 Å². The minimum absolute atomic E-state index is 0.0498. The highest BCUT2D eigenvalue weighted by Gasteiger charge is 2.19. The van der Waals surface area contributed by atoms with E-state index >= 15 is 0 Å². The van der Waals surface area contributed by atoms with E-state index in [0.29, 0.717) is 18.1 Å². The molecule has 19 heavy (non-hydrogen) atoms. The second kappa shape index (κ2) is 7.35. The number of rotatable bonds is 8. The zero-order chi connectivity index (χ0) is 14.3. The van der Waals surface area contributed by atoms with Crippen LogP contribution < -0.4 is 15.2 Å². The highest BCUT2D eigenvalue weighted by Crippen LogP contribution is 2.26. The van der Waals surface area contributed by atoms with Gasteiger partial charge in [0.05, 0.1) is 17.6 Å². The molecule has 0 bridgehead atoms. The third-order valence-electron chi connectivity index (χ3n) is 2.72. The van der Waals surface area contributed by atoms with Crippen molar-refractivity contribution in [3.8, 4) is 11.5 Å². The van der Waals surface area contributed by atoms with Gasteiger partial charge in [-0.25, -0.2) is 8.42 Å². The van der Waals surface area contributed by atoms with Crippen LogP contribution in [0.5, 0.6) is 11.5 Å². The molecule has 5 nitrogen and oxygen atoms in total. The van der Waals surface area contributed by atoms with Crippen molar-refractivity contribution in [1.82, 2.24) is 0 Å². The van der Waals surface area contributed by atoms with Gasteiger partial charge in [-0.05, 0) is 26.0 Å². The second-order valence-electron chi connectivity index (χ2n) is 4.14. The number of para-hydroxylation sites is 2. The molecule has 0 fully saturated rings. The van der Waals surface area contributed by atoms with Crippen LogP contribution >= 0.6 is 0 Å². The van der Waals surface area contributed by atoms with Crippen LogP contribution in [0.3, 0.4) is 0 Å². The average molecular weight is 287 g/mol. The summed E-state index contributed by atoms with van der Waals surface area (Å²) in [7, 11) is -3.20. The highest BCUT2D eigenvalue weighted by molar-refractivity contribution is 7.92. The Morgan fingerprint density at radius 1 is 1.21 bits per heavy atom. The van der Waals surface area contributed by atoms with Gasteiger partial charge in [-0.1, -0.05) is 12.1 Å². The molecule has 1 aromatic rings. The van der Waals surface area contributed by atoms with Crippen molar-refractivity contribution >= 4 is 9.84 Å². The Kier molecular flexibility index (Phi) is 6.11. The molecular formula is C13H21NO4S. The van der Waals surface area contributed by atoms with Crippen LogP contribution in [-0.4, -0.2) is 39.2 Å².